The Kier molecular flexibility index (Phi) is 4.46. The summed E-state index contributed by atoms with van der Waals surface area (Å²) >= 11 is 3.69. The SMILES string of the molecule is CCOC(=O)c1sc(-c2cccc(C)c2I)cc1N. The van der Waals surface area contributed by atoms with Gasteiger partial charge < -0.3 is 10.5 Å². The van der Waals surface area contributed by atoms with Crippen LogP contribution in [-0.2, 0) is 4.74 Å². The molecule has 0 saturated heterocycles. The smallest absolute Gasteiger partial charge is 0.350 e. The molecule has 5 heteroatoms. The number of rotatable bonds is 3. The van der Waals surface area contributed by atoms with Crippen LogP contribution in [-0.4, -0.2) is 12.6 Å². The molecule has 3 nitrogen and oxygen atoms in total. The number of thiophene rings is 1. The quantitative estimate of drug-likeness (QED) is 0.638. The number of hydrogen-bond acceptors (Lipinski definition) is 4. The second-order valence-corrected chi connectivity index (χ2v) is 6.18. The third kappa shape index (κ3) is 2.92. The normalized spacial score (nSPS) is 10.5. The van der Waals surface area contributed by atoms with Crippen molar-refractivity contribution in [2.45, 2.75) is 13.8 Å². The molecule has 0 amide bonds. The molecule has 0 bridgehead atoms. The van der Waals surface area contributed by atoms with Gasteiger partial charge in [0.2, 0.25) is 0 Å². The van der Waals surface area contributed by atoms with Gasteiger partial charge in [-0.15, -0.1) is 11.3 Å². The molecule has 1 heterocycles. The van der Waals surface area contributed by atoms with Gasteiger partial charge in [0.25, 0.3) is 0 Å². The summed E-state index contributed by atoms with van der Waals surface area (Å²) in [6, 6.07) is 7.95. The number of carbonyl (C=O) groups is 1. The minimum absolute atomic E-state index is 0.348. The number of anilines is 1. The number of halogens is 1. The molecule has 0 atom stereocenters. The first-order valence-corrected chi connectivity index (χ1v) is 7.76. The number of nitrogens with two attached hydrogens (primary N) is 1. The van der Waals surface area contributed by atoms with Crippen LogP contribution < -0.4 is 5.73 Å². The highest BCUT2D eigenvalue weighted by Gasteiger charge is 2.17. The highest BCUT2D eigenvalue weighted by atomic mass is 127. The topological polar surface area (TPSA) is 52.3 Å². The molecule has 100 valence electrons. The summed E-state index contributed by atoms with van der Waals surface area (Å²) in [5.41, 5.74) is 8.70. The van der Waals surface area contributed by atoms with Crippen LogP contribution in [0.2, 0.25) is 0 Å². The van der Waals surface area contributed by atoms with E-state index in [1.165, 1.54) is 20.5 Å². The Labute approximate surface area is 129 Å². The van der Waals surface area contributed by atoms with Crippen molar-refractivity contribution in [2.24, 2.45) is 0 Å². The molecular formula is C14H14INO2S. The minimum atomic E-state index is -0.348. The molecule has 1 aromatic carbocycles. The van der Waals surface area contributed by atoms with E-state index in [0.717, 1.165) is 10.4 Å². The lowest BCUT2D eigenvalue weighted by atomic mass is 10.1. The third-order valence-corrected chi connectivity index (χ3v) is 5.27. The van der Waals surface area contributed by atoms with Gasteiger partial charge in [-0.3, -0.25) is 0 Å². The first kappa shape index (κ1) is 14.3. The molecule has 2 N–H and O–H groups in total. The molecule has 2 rings (SSSR count). The number of nitrogen functional groups attached to an aromatic ring is 1. The number of esters is 1. The molecular weight excluding hydrogens is 373 g/mol. The fourth-order valence-electron chi connectivity index (χ4n) is 1.73. The maximum Gasteiger partial charge on any atom is 0.350 e. The largest absolute Gasteiger partial charge is 0.462 e. The summed E-state index contributed by atoms with van der Waals surface area (Å²) in [6.07, 6.45) is 0. The molecule has 0 saturated carbocycles. The van der Waals surface area contributed by atoms with Crippen LogP contribution in [0.25, 0.3) is 10.4 Å². The van der Waals surface area contributed by atoms with Crippen molar-refractivity contribution in [3.05, 3.63) is 38.3 Å². The van der Waals surface area contributed by atoms with Gasteiger partial charge in [0.15, 0.2) is 0 Å². The second kappa shape index (κ2) is 5.92. The van der Waals surface area contributed by atoms with E-state index in [-0.39, 0.29) is 5.97 Å². The van der Waals surface area contributed by atoms with Crippen molar-refractivity contribution < 1.29 is 9.53 Å². The van der Waals surface area contributed by atoms with Crippen molar-refractivity contribution in [3.63, 3.8) is 0 Å². The molecule has 0 spiro atoms. The van der Waals surface area contributed by atoms with E-state index in [1.807, 2.05) is 18.2 Å². The zero-order chi connectivity index (χ0) is 14.0. The maximum atomic E-state index is 11.8. The average Bonchev–Trinajstić information content (AvgIpc) is 2.75. The first-order chi connectivity index (χ1) is 9.04. The fourth-order valence-corrected chi connectivity index (χ4v) is 3.57. The van der Waals surface area contributed by atoms with Crippen molar-refractivity contribution >= 4 is 45.6 Å². The highest BCUT2D eigenvalue weighted by Crippen LogP contribution is 2.36. The van der Waals surface area contributed by atoms with Gasteiger partial charge >= 0.3 is 5.97 Å². The van der Waals surface area contributed by atoms with Gasteiger partial charge in [0.1, 0.15) is 4.88 Å². The van der Waals surface area contributed by atoms with Gasteiger partial charge in [-0.2, -0.15) is 0 Å². The van der Waals surface area contributed by atoms with Gasteiger partial charge in [0, 0.05) is 14.0 Å². The van der Waals surface area contributed by atoms with Crippen LogP contribution in [0.3, 0.4) is 0 Å². The number of hydrogen-bond donors (Lipinski definition) is 1. The van der Waals surface area contributed by atoms with Crippen LogP contribution in [0.15, 0.2) is 24.3 Å². The van der Waals surface area contributed by atoms with Crippen LogP contribution in [0.1, 0.15) is 22.2 Å². The Morgan fingerprint density at radius 2 is 2.21 bits per heavy atom. The number of aryl methyl sites for hydroxylation is 1. The van der Waals surface area contributed by atoms with E-state index >= 15 is 0 Å². The van der Waals surface area contributed by atoms with Crippen LogP contribution in [0.5, 0.6) is 0 Å². The van der Waals surface area contributed by atoms with E-state index < -0.39 is 0 Å². The standard InChI is InChI=1S/C14H14INO2S/c1-3-18-14(17)13-10(16)7-11(19-13)9-6-4-5-8(2)12(9)15/h4-7H,3,16H2,1-2H3. The van der Waals surface area contributed by atoms with Gasteiger partial charge in [-0.25, -0.2) is 4.79 Å². The van der Waals surface area contributed by atoms with Gasteiger partial charge in [0.05, 0.1) is 12.3 Å². The number of ether oxygens (including phenoxy) is 1. The zero-order valence-corrected chi connectivity index (χ0v) is 13.7. The van der Waals surface area contributed by atoms with Gasteiger partial charge in [-0.1, -0.05) is 18.2 Å². The van der Waals surface area contributed by atoms with E-state index in [0.29, 0.717) is 17.2 Å². The number of carbonyl (C=O) groups excluding carboxylic acids is 1. The molecule has 0 radical (unpaired) electrons. The highest BCUT2D eigenvalue weighted by molar-refractivity contribution is 14.1. The van der Waals surface area contributed by atoms with E-state index in [4.69, 9.17) is 10.5 Å². The summed E-state index contributed by atoms with van der Waals surface area (Å²) in [5, 5.41) is 0. The van der Waals surface area contributed by atoms with E-state index in [1.54, 1.807) is 6.92 Å². The molecule has 0 aliphatic rings. The lowest BCUT2D eigenvalue weighted by Crippen LogP contribution is -2.04. The monoisotopic (exact) mass is 387 g/mol. The Balaban J connectivity index is 2.45. The van der Waals surface area contributed by atoms with Crippen LogP contribution >= 0.6 is 33.9 Å². The van der Waals surface area contributed by atoms with Gasteiger partial charge in [-0.05, 0) is 48.1 Å². The molecule has 2 aromatic rings. The first-order valence-electron chi connectivity index (χ1n) is 5.86. The summed E-state index contributed by atoms with van der Waals surface area (Å²) < 4.78 is 6.18. The maximum absolute atomic E-state index is 11.8. The Bertz CT molecular complexity index is 622. The molecule has 1 aromatic heterocycles. The summed E-state index contributed by atoms with van der Waals surface area (Å²) in [7, 11) is 0. The molecule has 0 aliphatic carbocycles. The molecule has 0 aliphatic heterocycles. The third-order valence-electron chi connectivity index (χ3n) is 2.68. The van der Waals surface area contributed by atoms with E-state index in [9.17, 15) is 4.79 Å². The lowest BCUT2D eigenvalue weighted by Gasteiger charge is -2.04. The Morgan fingerprint density at radius 1 is 1.47 bits per heavy atom. The number of benzene rings is 1. The Morgan fingerprint density at radius 3 is 2.89 bits per heavy atom. The average molecular weight is 387 g/mol. The second-order valence-electron chi connectivity index (χ2n) is 4.05. The fraction of sp³-hybridized carbons (Fsp3) is 0.214. The van der Waals surface area contributed by atoms with Crippen molar-refractivity contribution in [3.8, 4) is 10.4 Å². The molecule has 19 heavy (non-hydrogen) atoms. The minimum Gasteiger partial charge on any atom is -0.462 e. The van der Waals surface area contributed by atoms with Crippen LogP contribution in [0.4, 0.5) is 5.69 Å². The predicted octanol–water partition coefficient (Wildman–Crippen LogP) is 4.09. The van der Waals surface area contributed by atoms with E-state index in [2.05, 4.69) is 35.6 Å². The van der Waals surface area contributed by atoms with Crippen molar-refractivity contribution in [1.82, 2.24) is 0 Å². The summed E-state index contributed by atoms with van der Waals surface area (Å²) in [4.78, 5) is 13.2. The molecule has 0 unspecified atom stereocenters. The summed E-state index contributed by atoms with van der Waals surface area (Å²) in [5.74, 6) is -0.348. The van der Waals surface area contributed by atoms with Crippen molar-refractivity contribution in [1.29, 1.82) is 0 Å². The molecule has 0 fully saturated rings. The van der Waals surface area contributed by atoms with Crippen molar-refractivity contribution in [2.75, 3.05) is 12.3 Å². The predicted molar refractivity (Wildman–Crippen MR) is 87.6 cm³/mol. The summed E-state index contributed by atoms with van der Waals surface area (Å²) in [6.45, 7) is 4.20. The lowest BCUT2D eigenvalue weighted by molar-refractivity contribution is 0.0533. The van der Waals surface area contributed by atoms with Crippen LogP contribution in [0, 0.1) is 10.5 Å². The zero-order valence-electron chi connectivity index (χ0n) is 10.7. The Hall–Kier alpha value is -1.08.